The first-order chi connectivity index (χ1) is 13.2. The summed E-state index contributed by atoms with van der Waals surface area (Å²) in [6, 6.07) is 17.4. The second kappa shape index (κ2) is 8.54. The van der Waals surface area contributed by atoms with Crippen LogP contribution in [-0.2, 0) is 25.5 Å². The molecule has 1 heterocycles. The molecule has 0 radical (unpaired) electrons. The van der Waals surface area contributed by atoms with E-state index in [2.05, 4.69) is 0 Å². The van der Waals surface area contributed by atoms with E-state index in [0.29, 0.717) is 11.3 Å². The van der Waals surface area contributed by atoms with Gasteiger partial charge in [-0.05, 0) is 25.5 Å². The summed E-state index contributed by atoms with van der Waals surface area (Å²) in [6.07, 6.45) is 0.0799. The highest BCUT2D eigenvalue weighted by molar-refractivity contribution is 5.98. The molecule has 5 nitrogen and oxygen atoms in total. The number of esters is 2. The maximum atomic E-state index is 12.4. The molecule has 0 atom stereocenters. The second-order valence-corrected chi connectivity index (χ2v) is 6.02. The van der Waals surface area contributed by atoms with E-state index in [1.807, 2.05) is 54.6 Å². The van der Waals surface area contributed by atoms with Crippen molar-refractivity contribution in [1.29, 1.82) is 0 Å². The molecule has 2 aromatic carbocycles. The van der Waals surface area contributed by atoms with E-state index in [1.165, 1.54) is 0 Å². The third-order valence-corrected chi connectivity index (χ3v) is 4.26. The van der Waals surface area contributed by atoms with Crippen molar-refractivity contribution in [2.45, 2.75) is 20.3 Å². The number of hydrogen-bond acceptors (Lipinski definition) is 5. The van der Waals surface area contributed by atoms with Crippen LogP contribution in [0.4, 0.5) is 0 Å². The summed E-state index contributed by atoms with van der Waals surface area (Å²) in [5, 5.41) is 0.935. The quantitative estimate of drug-likeness (QED) is 0.458. The van der Waals surface area contributed by atoms with Crippen LogP contribution >= 0.6 is 0 Å². The van der Waals surface area contributed by atoms with Gasteiger partial charge >= 0.3 is 11.9 Å². The van der Waals surface area contributed by atoms with Crippen molar-refractivity contribution in [2.24, 2.45) is 5.92 Å². The Labute approximate surface area is 157 Å². The van der Waals surface area contributed by atoms with Crippen molar-refractivity contribution in [3.8, 4) is 11.1 Å². The number of hydrogen-bond donors (Lipinski definition) is 0. The lowest BCUT2D eigenvalue weighted by atomic mass is 9.96. The van der Waals surface area contributed by atoms with Gasteiger partial charge in [-0.2, -0.15) is 0 Å². The highest BCUT2D eigenvalue weighted by Crippen LogP contribution is 2.36. The molecule has 0 aliphatic carbocycles. The molecule has 3 aromatic rings. The number of furan rings is 1. The molecule has 5 heteroatoms. The number of fused-ring (bicyclic) bond motifs is 1. The van der Waals surface area contributed by atoms with Gasteiger partial charge in [0.2, 0.25) is 0 Å². The summed E-state index contributed by atoms with van der Waals surface area (Å²) in [5.74, 6) is -1.70. The van der Waals surface area contributed by atoms with Gasteiger partial charge in [0.1, 0.15) is 11.3 Å². The van der Waals surface area contributed by atoms with Crippen LogP contribution in [0.25, 0.3) is 22.1 Å². The molecule has 0 bridgehead atoms. The van der Waals surface area contributed by atoms with Crippen molar-refractivity contribution < 1.29 is 23.5 Å². The number of carbonyl (C=O) groups excluding carboxylic acids is 2. The zero-order valence-corrected chi connectivity index (χ0v) is 15.4. The first-order valence-corrected chi connectivity index (χ1v) is 9.04. The van der Waals surface area contributed by atoms with Gasteiger partial charge in [-0.3, -0.25) is 9.59 Å². The fourth-order valence-corrected chi connectivity index (χ4v) is 3.10. The molecule has 0 aliphatic heterocycles. The van der Waals surface area contributed by atoms with Crippen molar-refractivity contribution in [3.05, 3.63) is 60.4 Å². The van der Waals surface area contributed by atoms with Crippen LogP contribution in [0.15, 0.2) is 59.0 Å². The minimum Gasteiger partial charge on any atom is -0.465 e. The van der Waals surface area contributed by atoms with Gasteiger partial charge in [0.25, 0.3) is 0 Å². The number of benzene rings is 2. The first-order valence-electron chi connectivity index (χ1n) is 9.04. The maximum Gasteiger partial charge on any atom is 0.320 e. The van der Waals surface area contributed by atoms with Crippen LogP contribution in [0.5, 0.6) is 0 Å². The topological polar surface area (TPSA) is 65.7 Å². The fourth-order valence-electron chi connectivity index (χ4n) is 3.10. The summed E-state index contributed by atoms with van der Waals surface area (Å²) in [6.45, 7) is 3.80. The molecule has 140 valence electrons. The van der Waals surface area contributed by atoms with Crippen LogP contribution in [0.3, 0.4) is 0 Å². The molecule has 0 amide bonds. The molecule has 27 heavy (non-hydrogen) atoms. The third-order valence-electron chi connectivity index (χ3n) is 4.26. The summed E-state index contributed by atoms with van der Waals surface area (Å²) in [4.78, 5) is 24.7. The standard InChI is InChI=1S/C22H22O5/c1-3-25-21(23)17(22(24)26-4-2)14-19-20(15-10-6-5-7-11-15)16-12-8-9-13-18(16)27-19/h5-13,17H,3-4,14H2,1-2H3. The third kappa shape index (κ3) is 4.03. The molecule has 0 N–H and O–H groups in total. The predicted molar refractivity (Wildman–Crippen MR) is 102 cm³/mol. The van der Waals surface area contributed by atoms with Crippen LogP contribution in [-0.4, -0.2) is 25.2 Å². The van der Waals surface area contributed by atoms with Crippen LogP contribution in [0, 0.1) is 5.92 Å². The Bertz CT molecular complexity index is 908. The molecule has 1 aromatic heterocycles. The van der Waals surface area contributed by atoms with E-state index >= 15 is 0 Å². The van der Waals surface area contributed by atoms with E-state index in [9.17, 15) is 9.59 Å². The van der Waals surface area contributed by atoms with Gasteiger partial charge in [0.15, 0.2) is 5.92 Å². The molecule has 0 spiro atoms. The van der Waals surface area contributed by atoms with E-state index in [0.717, 1.165) is 16.5 Å². The zero-order valence-electron chi connectivity index (χ0n) is 15.4. The minimum absolute atomic E-state index is 0.0799. The van der Waals surface area contributed by atoms with Crippen molar-refractivity contribution in [2.75, 3.05) is 13.2 Å². The Balaban J connectivity index is 2.06. The molecular weight excluding hydrogens is 344 g/mol. The lowest BCUT2D eigenvalue weighted by molar-refractivity contribution is -0.161. The lowest BCUT2D eigenvalue weighted by Gasteiger charge is -2.14. The molecule has 0 aliphatic rings. The molecule has 0 unspecified atom stereocenters. The Morgan fingerprint density at radius 3 is 2.11 bits per heavy atom. The Hall–Kier alpha value is -3.08. The van der Waals surface area contributed by atoms with Gasteiger partial charge in [-0.25, -0.2) is 0 Å². The molecule has 0 fully saturated rings. The normalized spacial score (nSPS) is 10.9. The number of ether oxygens (including phenoxy) is 2. The summed E-state index contributed by atoms with van der Waals surface area (Å²) < 4.78 is 16.2. The van der Waals surface area contributed by atoms with Gasteiger partial charge in [-0.1, -0.05) is 48.5 Å². The van der Waals surface area contributed by atoms with Gasteiger partial charge < -0.3 is 13.9 Å². The van der Waals surface area contributed by atoms with Gasteiger partial charge in [0.05, 0.1) is 13.2 Å². The highest BCUT2D eigenvalue weighted by atomic mass is 16.6. The van der Waals surface area contributed by atoms with Gasteiger partial charge in [-0.15, -0.1) is 0 Å². The largest absolute Gasteiger partial charge is 0.465 e. The van der Waals surface area contributed by atoms with Crippen LogP contribution < -0.4 is 0 Å². The average molecular weight is 366 g/mol. The van der Waals surface area contributed by atoms with Gasteiger partial charge in [0, 0.05) is 17.4 Å². The van der Waals surface area contributed by atoms with Crippen molar-refractivity contribution in [3.63, 3.8) is 0 Å². The van der Waals surface area contributed by atoms with Crippen LogP contribution in [0.2, 0.25) is 0 Å². The first kappa shape index (κ1) is 18.7. The van der Waals surface area contributed by atoms with E-state index in [-0.39, 0.29) is 19.6 Å². The Kier molecular flexibility index (Phi) is 5.91. The SMILES string of the molecule is CCOC(=O)C(Cc1oc2ccccc2c1-c1ccccc1)C(=O)OCC. The number of rotatable bonds is 7. The molecular formula is C22H22O5. The lowest BCUT2D eigenvalue weighted by Crippen LogP contribution is -2.30. The molecule has 0 saturated carbocycles. The summed E-state index contributed by atoms with van der Waals surface area (Å²) in [7, 11) is 0. The fraction of sp³-hybridized carbons (Fsp3) is 0.273. The monoisotopic (exact) mass is 366 g/mol. The number of para-hydroxylation sites is 1. The molecule has 0 saturated heterocycles. The Morgan fingerprint density at radius 1 is 0.889 bits per heavy atom. The number of carbonyl (C=O) groups is 2. The smallest absolute Gasteiger partial charge is 0.320 e. The molecule has 3 rings (SSSR count). The second-order valence-electron chi connectivity index (χ2n) is 6.02. The van der Waals surface area contributed by atoms with Crippen molar-refractivity contribution in [1.82, 2.24) is 0 Å². The average Bonchev–Trinajstić information content (AvgIpc) is 3.05. The maximum absolute atomic E-state index is 12.4. The van der Waals surface area contributed by atoms with Crippen molar-refractivity contribution >= 4 is 22.9 Å². The van der Waals surface area contributed by atoms with E-state index in [1.54, 1.807) is 13.8 Å². The summed E-state index contributed by atoms with van der Waals surface area (Å²) >= 11 is 0. The van der Waals surface area contributed by atoms with Crippen LogP contribution in [0.1, 0.15) is 19.6 Å². The Morgan fingerprint density at radius 2 is 1.48 bits per heavy atom. The zero-order chi connectivity index (χ0) is 19.2. The minimum atomic E-state index is -1.06. The summed E-state index contributed by atoms with van der Waals surface area (Å²) in [5.41, 5.74) is 2.55. The predicted octanol–water partition coefficient (Wildman–Crippen LogP) is 4.38. The highest BCUT2D eigenvalue weighted by Gasteiger charge is 2.32. The van der Waals surface area contributed by atoms with E-state index in [4.69, 9.17) is 13.9 Å². The van der Waals surface area contributed by atoms with E-state index < -0.39 is 17.9 Å².